The van der Waals surface area contributed by atoms with Crippen molar-refractivity contribution in [1.82, 2.24) is 5.32 Å². The van der Waals surface area contributed by atoms with Gasteiger partial charge in [-0.15, -0.1) is 0 Å². The van der Waals surface area contributed by atoms with Crippen molar-refractivity contribution in [2.75, 3.05) is 6.54 Å². The van der Waals surface area contributed by atoms with Crippen LogP contribution in [-0.2, 0) is 19.1 Å². The SMILES string of the molecule is CC1(C)[C@@]2(C(=O)O[C@@H]3CCCNC3=C[N+](=O)[O-])CC[C@]1(C)C(=O)O2. The average Bonchev–Trinajstić information content (AvgIpc) is 2.79. The lowest BCUT2D eigenvalue weighted by molar-refractivity contribution is -0.404. The summed E-state index contributed by atoms with van der Waals surface area (Å²) in [7, 11) is 0. The Kier molecular flexibility index (Phi) is 3.62. The molecule has 3 aliphatic rings. The van der Waals surface area contributed by atoms with Crippen molar-refractivity contribution in [3.8, 4) is 0 Å². The van der Waals surface area contributed by atoms with Gasteiger partial charge in [0.25, 0.3) is 6.20 Å². The van der Waals surface area contributed by atoms with Crippen LogP contribution in [0.25, 0.3) is 0 Å². The highest BCUT2D eigenvalue weighted by molar-refractivity contribution is 5.93. The highest BCUT2D eigenvalue weighted by Gasteiger charge is 2.76. The summed E-state index contributed by atoms with van der Waals surface area (Å²) in [4.78, 5) is 35.3. The van der Waals surface area contributed by atoms with Crippen molar-refractivity contribution in [3.63, 3.8) is 0 Å². The Hall–Kier alpha value is -2.12. The fourth-order valence-corrected chi connectivity index (χ4v) is 4.08. The third-order valence-electron chi connectivity index (χ3n) is 6.23. The average molecular weight is 338 g/mol. The standard InChI is InChI=1S/C16H22N2O6/c1-14(2)15(3)6-7-16(14,24-12(15)19)13(20)23-11-5-4-8-17-10(11)9-18(21)22/h9,11,17H,4-8H2,1-3H3/t11-,15-,16+/m1/s1. The zero-order valence-electron chi connectivity index (χ0n) is 14.1. The first kappa shape index (κ1) is 16.7. The number of nitrogens with one attached hydrogen (secondary N) is 1. The van der Waals surface area contributed by atoms with Crippen LogP contribution in [0.4, 0.5) is 0 Å². The van der Waals surface area contributed by atoms with Crippen molar-refractivity contribution in [1.29, 1.82) is 0 Å². The number of hydrogen-bond donors (Lipinski definition) is 1. The Morgan fingerprint density at radius 2 is 2.12 bits per heavy atom. The maximum Gasteiger partial charge on any atom is 0.351 e. The van der Waals surface area contributed by atoms with E-state index in [1.807, 2.05) is 20.8 Å². The van der Waals surface area contributed by atoms with Crippen LogP contribution in [0.2, 0.25) is 0 Å². The number of ether oxygens (including phenoxy) is 2. The molecular weight excluding hydrogens is 316 g/mol. The lowest BCUT2D eigenvalue weighted by atomic mass is 9.66. The molecule has 3 atom stereocenters. The zero-order chi connectivity index (χ0) is 17.8. The molecule has 0 unspecified atom stereocenters. The number of carbonyl (C=O) groups excluding carboxylic acids is 2. The van der Waals surface area contributed by atoms with Crippen LogP contribution in [0.1, 0.15) is 46.5 Å². The molecule has 3 fully saturated rings. The van der Waals surface area contributed by atoms with Gasteiger partial charge in [-0.3, -0.25) is 14.9 Å². The monoisotopic (exact) mass is 338 g/mol. The summed E-state index contributed by atoms with van der Waals surface area (Å²) in [5, 5.41) is 13.7. The molecule has 0 aromatic heterocycles. The molecule has 0 radical (unpaired) electrons. The Morgan fingerprint density at radius 3 is 2.67 bits per heavy atom. The Balaban J connectivity index is 1.85. The molecular formula is C16H22N2O6. The second kappa shape index (κ2) is 5.19. The normalized spacial score (nSPS) is 38.5. The molecule has 3 rings (SSSR count). The number of hydrogen-bond acceptors (Lipinski definition) is 7. The molecule has 0 spiro atoms. The highest BCUT2D eigenvalue weighted by atomic mass is 16.6. The number of nitrogens with zero attached hydrogens (tertiary/aromatic N) is 1. The first-order valence-corrected chi connectivity index (χ1v) is 8.18. The molecule has 0 aromatic carbocycles. The maximum absolute atomic E-state index is 12.9. The van der Waals surface area contributed by atoms with Crippen LogP contribution in [0, 0.1) is 20.9 Å². The van der Waals surface area contributed by atoms with Crippen LogP contribution in [0.5, 0.6) is 0 Å². The highest BCUT2D eigenvalue weighted by Crippen LogP contribution is 2.65. The second-order valence-electron chi connectivity index (χ2n) is 7.51. The van der Waals surface area contributed by atoms with E-state index in [2.05, 4.69) is 5.32 Å². The van der Waals surface area contributed by atoms with Crippen LogP contribution in [-0.4, -0.2) is 35.1 Å². The molecule has 8 heteroatoms. The van der Waals surface area contributed by atoms with Crippen LogP contribution in [0.15, 0.2) is 11.9 Å². The Morgan fingerprint density at radius 1 is 1.42 bits per heavy atom. The molecule has 0 aromatic rings. The van der Waals surface area contributed by atoms with Crippen molar-refractivity contribution < 1.29 is 24.0 Å². The van der Waals surface area contributed by atoms with Gasteiger partial charge in [0.2, 0.25) is 5.60 Å². The molecule has 1 saturated carbocycles. The maximum atomic E-state index is 12.9. The topological polar surface area (TPSA) is 108 Å². The molecule has 8 nitrogen and oxygen atoms in total. The smallest absolute Gasteiger partial charge is 0.351 e. The third kappa shape index (κ3) is 2.04. The lowest BCUT2D eigenvalue weighted by Crippen LogP contribution is -2.50. The lowest BCUT2D eigenvalue weighted by Gasteiger charge is -2.36. The predicted octanol–water partition coefficient (Wildman–Crippen LogP) is 1.52. The van der Waals surface area contributed by atoms with E-state index in [1.54, 1.807) is 0 Å². The van der Waals surface area contributed by atoms with E-state index in [0.717, 1.165) is 12.6 Å². The van der Waals surface area contributed by atoms with Gasteiger partial charge in [0.15, 0.2) is 0 Å². The van der Waals surface area contributed by atoms with Gasteiger partial charge in [-0.05, 0) is 32.6 Å². The molecule has 1 N–H and O–H groups in total. The quantitative estimate of drug-likeness (QED) is 0.472. The molecule has 2 aliphatic heterocycles. The molecule has 2 bridgehead atoms. The Labute approximate surface area is 139 Å². The minimum atomic E-state index is -1.31. The summed E-state index contributed by atoms with van der Waals surface area (Å²) in [6, 6.07) is 0. The van der Waals surface area contributed by atoms with Crippen molar-refractivity contribution >= 4 is 11.9 Å². The summed E-state index contributed by atoms with van der Waals surface area (Å²) in [5.74, 6) is -0.983. The number of piperidine rings is 1. The van der Waals surface area contributed by atoms with E-state index >= 15 is 0 Å². The summed E-state index contributed by atoms with van der Waals surface area (Å²) in [5.41, 5.74) is -2.44. The third-order valence-corrected chi connectivity index (χ3v) is 6.23. The van der Waals surface area contributed by atoms with Gasteiger partial charge in [-0.1, -0.05) is 13.8 Å². The predicted molar refractivity (Wildman–Crippen MR) is 82.1 cm³/mol. The van der Waals surface area contributed by atoms with Crippen molar-refractivity contribution in [2.45, 2.75) is 58.2 Å². The zero-order valence-corrected chi connectivity index (χ0v) is 14.1. The summed E-state index contributed by atoms with van der Waals surface area (Å²) < 4.78 is 11.1. The molecule has 0 amide bonds. The van der Waals surface area contributed by atoms with E-state index in [0.29, 0.717) is 25.8 Å². The van der Waals surface area contributed by atoms with Gasteiger partial charge < -0.3 is 14.8 Å². The number of nitro groups is 1. The van der Waals surface area contributed by atoms with Gasteiger partial charge in [0, 0.05) is 12.0 Å². The number of carbonyl (C=O) groups is 2. The Bertz CT molecular complexity index is 642. The minimum absolute atomic E-state index is 0.277. The van der Waals surface area contributed by atoms with E-state index in [-0.39, 0.29) is 11.7 Å². The van der Waals surface area contributed by atoms with Crippen LogP contribution in [0.3, 0.4) is 0 Å². The van der Waals surface area contributed by atoms with Gasteiger partial charge in [0.1, 0.15) is 11.8 Å². The fourth-order valence-electron chi connectivity index (χ4n) is 4.08. The number of esters is 2. The van der Waals surface area contributed by atoms with Gasteiger partial charge >= 0.3 is 11.9 Å². The fraction of sp³-hybridized carbons (Fsp3) is 0.750. The van der Waals surface area contributed by atoms with E-state index in [9.17, 15) is 19.7 Å². The summed E-state index contributed by atoms with van der Waals surface area (Å²) in [6.45, 7) is 6.10. The van der Waals surface area contributed by atoms with Crippen LogP contribution < -0.4 is 5.32 Å². The first-order chi connectivity index (χ1) is 11.1. The van der Waals surface area contributed by atoms with Crippen molar-refractivity contribution in [3.05, 3.63) is 22.0 Å². The van der Waals surface area contributed by atoms with E-state index < -0.39 is 33.4 Å². The summed E-state index contributed by atoms with van der Waals surface area (Å²) >= 11 is 0. The molecule has 2 heterocycles. The first-order valence-electron chi connectivity index (χ1n) is 8.18. The van der Waals surface area contributed by atoms with Gasteiger partial charge in [0.05, 0.1) is 10.3 Å². The number of rotatable bonds is 3. The molecule has 1 aliphatic carbocycles. The van der Waals surface area contributed by atoms with Gasteiger partial charge in [-0.25, -0.2) is 4.79 Å². The summed E-state index contributed by atoms with van der Waals surface area (Å²) in [6.07, 6.45) is 2.33. The minimum Gasteiger partial charge on any atom is -0.453 e. The largest absolute Gasteiger partial charge is 0.453 e. The van der Waals surface area contributed by atoms with Crippen molar-refractivity contribution in [2.24, 2.45) is 10.8 Å². The van der Waals surface area contributed by atoms with Crippen LogP contribution >= 0.6 is 0 Å². The van der Waals surface area contributed by atoms with E-state index in [4.69, 9.17) is 9.47 Å². The number of fused-ring (bicyclic) bond motifs is 2. The second-order valence-corrected chi connectivity index (χ2v) is 7.51. The molecule has 24 heavy (non-hydrogen) atoms. The van der Waals surface area contributed by atoms with Gasteiger partial charge in [-0.2, -0.15) is 0 Å². The molecule has 2 saturated heterocycles. The molecule has 132 valence electrons. The van der Waals surface area contributed by atoms with E-state index in [1.165, 1.54) is 0 Å².